The van der Waals surface area contributed by atoms with E-state index in [9.17, 15) is 9.59 Å². The smallest absolute Gasteiger partial charge is 0.336 e. The Kier molecular flexibility index (Phi) is 3.23. The minimum atomic E-state index is -1.24. The van der Waals surface area contributed by atoms with Gasteiger partial charge in [0, 0.05) is 0 Å². The molecule has 0 amide bonds. The highest BCUT2D eigenvalue weighted by molar-refractivity contribution is 6.02. The van der Waals surface area contributed by atoms with E-state index in [1.165, 1.54) is 18.2 Å². The second kappa shape index (κ2) is 4.41. The summed E-state index contributed by atoms with van der Waals surface area (Å²) < 4.78 is 0. The first-order valence-corrected chi connectivity index (χ1v) is 4.27. The first-order valence-electron chi connectivity index (χ1n) is 4.27. The molecule has 0 spiro atoms. The third-order valence-electron chi connectivity index (χ3n) is 1.96. The Morgan fingerprint density at radius 3 is 2.40 bits per heavy atom. The Morgan fingerprint density at radius 2 is 1.93 bits per heavy atom. The number of allylic oxidation sites excluding steroid dienone is 1. The third kappa shape index (κ3) is 2.22. The van der Waals surface area contributed by atoms with E-state index in [1.807, 2.05) is 0 Å². The average molecular weight is 206 g/mol. The van der Waals surface area contributed by atoms with Gasteiger partial charge in [-0.2, -0.15) is 0 Å². The monoisotopic (exact) mass is 206 g/mol. The predicted octanol–water partition coefficient (Wildman–Crippen LogP) is 1.81. The highest BCUT2D eigenvalue weighted by atomic mass is 16.4. The number of carbonyl (C=O) groups is 2. The number of rotatable bonds is 4. The van der Waals surface area contributed by atoms with Gasteiger partial charge in [0.15, 0.2) is 0 Å². The Labute approximate surface area is 86.5 Å². The average Bonchev–Trinajstić information content (AvgIpc) is 2.17. The molecule has 0 fully saturated rings. The molecular formula is C11H10O4. The normalized spacial score (nSPS) is 9.60. The van der Waals surface area contributed by atoms with Crippen LogP contribution < -0.4 is 0 Å². The lowest BCUT2D eigenvalue weighted by Gasteiger charge is -2.06. The minimum absolute atomic E-state index is 0.162. The van der Waals surface area contributed by atoms with Gasteiger partial charge < -0.3 is 10.2 Å². The van der Waals surface area contributed by atoms with Crippen molar-refractivity contribution in [2.45, 2.75) is 6.42 Å². The summed E-state index contributed by atoms with van der Waals surface area (Å²) in [6.07, 6.45) is 1.87. The second-order valence-corrected chi connectivity index (χ2v) is 2.94. The lowest BCUT2D eigenvalue weighted by atomic mass is 9.99. The van der Waals surface area contributed by atoms with Crippen LogP contribution in [0.5, 0.6) is 0 Å². The molecule has 0 atom stereocenters. The summed E-state index contributed by atoms with van der Waals surface area (Å²) >= 11 is 0. The maximum atomic E-state index is 10.9. The molecule has 0 saturated carbocycles. The minimum Gasteiger partial charge on any atom is -0.478 e. The number of hydrogen-bond donors (Lipinski definition) is 2. The summed E-state index contributed by atoms with van der Waals surface area (Å²) in [5.74, 6) is -2.47. The third-order valence-corrected chi connectivity index (χ3v) is 1.96. The zero-order valence-corrected chi connectivity index (χ0v) is 7.93. The van der Waals surface area contributed by atoms with Crippen LogP contribution in [0.25, 0.3) is 0 Å². The summed E-state index contributed by atoms with van der Waals surface area (Å²) in [5.41, 5.74) is 0.101. The van der Waals surface area contributed by atoms with E-state index in [2.05, 4.69) is 6.58 Å². The van der Waals surface area contributed by atoms with Crippen molar-refractivity contribution in [2.75, 3.05) is 0 Å². The molecule has 4 nitrogen and oxygen atoms in total. The van der Waals surface area contributed by atoms with E-state index in [4.69, 9.17) is 10.2 Å². The summed E-state index contributed by atoms with van der Waals surface area (Å²) in [5, 5.41) is 17.7. The van der Waals surface area contributed by atoms with Crippen LogP contribution in [0, 0.1) is 0 Å². The van der Waals surface area contributed by atoms with E-state index in [-0.39, 0.29) is 11.1 Å². The van der Waals surface area contributed by atoms with Gasteiger partial charge in [-0.05, 0) is 18.1 Å². The van der Waals surface area contributed by atoms with Crippen molar-refractivity contribution in [3.05, 3.63) is 47.5 Å². The van der Waals surface area contributed by atoms with Gasteiger partial charge in [0.25, 0.3) is 0 Å². The Balaban J connectivity index is 3.40. The van der Waals surface area contributed by atoms with Crippen LogP contribution in [-0.2, 0) is 6.42 Å². The van der Waals surface area contributed by atoms with Crippen molar-refractivity contribution in [3.8, 4) is 0 Å². The first-order chi connectivity index (χ1) is 7.07. The fourth-order valence-corrected chi connectivity index (χ4v) is 1.36. The molecule has 1 aromatic carbocycles. The van der Waals surface area contributed by atoms with Crippen LogP contribution >= 0.6 is 0 Å². The zero-order chi connectivity index (χ0) is 11.4. The highest BCUT2D eigenvalue weighted by Crippen LogP contribution is 2.16. The predicted molar refractivity (Wildman–Crippen MR) is 54.3 cm³/mol. The van der Waals surface area contributed by atoms with Crippen molar-refractivity contribution in [1.82, 2.24) is 0 Å². The van der Waals surface area contributed by atoms with E-state index in [0.717, 1.165) is 0 Å². The zero-order valence-electron chi connectivity index (χ0n) is 7.93. The molecule has 2 N–H and O–H groups in total. The SMILES string of the molecule is C=CCc1cccc(C(=O)O)c1C(=O)O. The summed E-state index contributed by atoms with van der Waals surface area (Å²) in [4.78, 5) is 21.7. The maximum Gasteiger partial charge on any atom is 0.336 e. The second-order valence-electron chi connectivity index (χ2n) is 2.94. The van der Waals surface area contributed by atoms with Gasteiger partial charge >= 0.3 is 11.9 Å². The molecule has 0 aromatic heterocycles. The van der Waals surface area contributed by atoms with Crippen LogP contribution in [0.1, 0.15) is 26.3 Å². The van der Waals surface area contributed by atoms with E-state index < -0.39 is 11.9 Å². The van der Waals surface area contributed by atoms with E-state index in [1.54, 1.807) is 6.07 Å². The molecule has 1 aromatic rings. The molecule has 0 aliphatic heterocycles. The molecule has 4 heteroatoms. The molecule has 0 saturated heterocycles. The maximum absolute atomic E-state index is 10.9. The molecule has 78 valence electrons. The standard InChI is InChI=1S/C11H10O4/c1-2-4-7-5-3-6-8(10(12)13)9(7)11(14)15/h2-3,5-6H,1,4H2,(H,12,13)(H,14,15). The van der Waals surface area contributed by atoms with Gasteiger partial charge in [0.05, 0.1) is 11.1 Å². The van der Waals surface area contributed by atoms with Crippen molar-refractivity contribution in [3.63, 3.8) is 0 Å². The van der Waals surface area contributed by atoms with Crippen LogP contribution in [0.3, 0.4) is 0 Å². The lowest BCUT2D eigenvalue weighted by Crippen LogP contribution is -2.11. The Bertz CT molecular complexity index is 421. The topological polar surface area (TPSA) is 74.6 Å². The molecule has 15 heavy (non-hydrogen) atoms. The molecule has 0 bridgehead atoms. The van der Waals surface area contributed by atoms with Crippen LogP contribution in [-0.4, -0.2) is 22.2 Å². The van der Waals surface area contributed by atoms with Gasteiger partial charge in [0.1, 0.15) is 0 Å². The van der Waals surface area contributed by atoms with Crippen LogP contribution in [0.15, 0.2) is 30.9 Å². The fourth-order valence-electron chi connectivity index (χ4n) is 1.36. The number of aromatic carboxylic acids is 2. The fraction of sp³-hybridized carbons (Fsp3) is 0.0909. The molecule has 0 aliphatic carbocycles. The summed E-state index contributed by atoms with van der Waals surface area (Å²) in [6.45, 7) is 3.49. The molecule has 0 aliphatic rings. The number of carboxylic acids is 2. The van der Waals surface area contributed by atoms with E-state index >= 15 is 0 Å². The van der Waals surface area contributed by atoms with Crippen molar-refractivity contribution < 1.29 is 19.8 Å². The molecular weight excluding hydrogens is 196 g/mol. The van der Waals surface area contributed by atoms with Gasteiger partial charge in [0.2, 0.25) is 0 Å². The van der Waals surface area contributed by atoms with Gasteiger partial charge in [-0.3, -0.25) is 0 Å². The number of carboxylic acid groups (broad SMARTS) is 2. The lowest BCUT2D eigenvalue weighted by molar-refractivity contribution is 0.0650. The van der Waals surface area contributed by atoms with Crippen LogP contribution in [0.4, 0.5) is 0 Å². The van der Waals surface area contributed by atoms with Crippen molar-refractivity contribution >= 4 is 11.9 Å². The highest BCUT2D eigenvalue weighted by Gasteiger charge is 2.18. The molecule has 0 unspecified atom stereocenters. The molecule has 1 rings (SSSR count). The first kappa shape index (κ1) is 11.0. The quantitative estimate of drug-likeness (QED) is 0.737. The van der Waals surface area contributed by atoms with Crippen LogP contribution in [0.2, 0.25) is 0 Å². The summed E-state index contributed by atoms with van der Waals surface area (Å²) in [7, 11) is 0. The Morgan fingerprint density at radius 1 is 1.27 bits per heavy atom. The van der Waals surface area contributed by atoms with Crippen molar-refractivity contribution in [1.29, 1.82) is 0 Å². The van der Waals surface area contributed by atoms with Gasteiger partial charge in [-0.15, -0.1) is 6.58 Å². The summed E-state index contributed by atoms with van der Waals surface area (Å²) in [6, 6.07) is 4.38. The van der Waals surface area contributed by atoms with Gasteiger partial charge in [-0.25, -0.2) is 9.59 Å². The molecule has 0 heterocycles. The number of hydrogen-bond acceptors (Lipinski definition) is 2. The molecule has 0 radical (unpaired) electrons. The largest absolute Gasteiger partial charge is 0.478 e. The number of benzene rings is 1. The van der Waals surface area contributed by atoms with Gasteiger partial charge in [-0.1, -0.05) is 18.2 Å². The Hall–Kier alpha value is -2.10. The van der Waals surface area contributed by atoms with E-state index in [0.29, 0.717) is 12.0 Å². The van der Waals surface area contributed by atoms with Crippen molar-refractivity contribution in [2.24, 2.45) is 0 Å².